The molecule has 1 N–H and O–H groups in total. The fraction of sp³-hybridized carbons (Fsp3) is 0.350. The summed E-state index contributed by atoms with van der Waals surface area (Å²) in [6.45, 7) is 1.89. The van der Waals surface area contributed by atoms with Crippen LogP contribution in [0, 0.1) is 6.92 Å². The van der Waals surface area contributed by atoms with Crippen molar-refractivity contribution in [1.29, 1.82) is 0 Å². The van der Waals surface area contributed by atoms with Crippen LogP contribution >= 0.6 is 11.6 Å². The van der Waals surface area contributed by atoms with E-state index < -0.39 is 10.0 Å². The number of aryl methyl sites for hydroxylation is 1. The first kappa shape index (κ1) is 19.7. The number of benzene rings is 2. The number of sulfonamides is 1. The highest BCUT2D eigenvalue weighted by molar-refractivity contribution is 7.92. The molecule has 0 unspecified atom stereocenters. The molecule has 2 aromatic rings. The Balaban J connectivity index is 1.84. The number of carbonyl (C=O) groups excluding carboxylic acids is 1. The largest absolute Gasteiger partial charge is 0.339 e. The second-order valence-electron chi connectivity index (χ2n) is 6.97. The van der Waals surface area contributed by atoms with Crippen LogP contribution in [0.2, 0.25) is 5.02 Å². The molecule has 0 radical (unpaired) electrons. The molecule has 144 valence electrons. The fourth-order valence-corrected chi connectivity index (χ4v) is 4.58. The highest BCUT2D eigenvalue weighted by Gasteiger charge is 2.26. The molecule has 0 aromatic heterocycles. The van der Waals surface area contributed by atoms with Crippen molar-refractivity contribution in [1.82, 2.24) is 4.90 Å². The molecule has 2 aromatic carbocycles. The first-order valence-electron chi connectivity index (χ1n) is 8.94. The Morgan fingerprint density at radius 2 is 1.74 bits per heavy atom. The van der Waals surface area contributed by atoms with Gasteiger partial charge in [0, 0.05) is 18.8 Å². The molecule has 1 aliphatic carbocycles. The van der Waals surface area contributed by atoms with Gasteiger partial charge in [0.1, 0.15) is 0 Å². The average molecular weight is 407 g/mol. The molecule has 0 saturated heterocycles. The van der Waals surface area contributed by atoms with E-state index in [2.05, 4.69) is 4.72 Å². The molecule has 1 aliphatic rings. The van der Waals surface area contributed by atoms with Crippen LogP contribution in [-0.2, 0) is 10.0 Å². The lowest BCUT2D eigenvalue weighted by Gasteiger charge is -2.25. The summed E-state index contributed by atoms with van der Waals surface area (Å²) in [5.41, 5.74) is 1.58. The second kappa shape index (κ2) is 7.90. The second-order valence-corrected chi connectivity index (χ2v) is 9.06. The van der Waals surface area contributed by atoms with Gasteiger partial charge in [-0.05, 0) is 50.1 Å². The summed E-state index contributed by atoms with van der Waals surface area (Å²) in [4.78, 5) is 14.7. The van der Waals surface area contributed by atoms with Crippen molar-refractivity contribution in [2.45, 2.75) is 43.5 Å². The van der Waals surface area contributed by atoms with Crippen molar-refractivity contribution in [2.24, 2.45) is 0 Å². The Morgan fingerprint density at radius 1 is 1.11 bits per heavy atom. The molecule has 0 spiro atoms. The zero-order valence-electron chi connectivity index (χ0n) is 15.4. The molecule has 0 atom stereocenters. The van der Waals surface area contributed by atoms with E-state index >= 15 is 0 Å². The van der Waals surface area contributed by atoms with Crippen LogP contribution in [0.25, 0.3) is 0 Å². The van der Waals surface area contributed by atoms with Crippen LogP contribution in [-0.4, -0.2) is 32.3 Å². The summed E-state index contributed by atoms with van der Waals surface area (Å²) in [6, 6.07) is 11.4. The molecule has 1 amide bonds. The van der Waals surface area contributed by atoms with Gasteiger partial charge in [-0.25, -0.2) is 8.42 Å². The summed E-state index contributed by atoms with van der Waals surface area (Å²) < 4.78 is 27.7. The molecular formula is C20H23ClN2O3S. The maximum absolute atomic E-state index is 12.8. The number of nitrogens with one attached hydrogen (secondary N) is 1. The van der Waals surface area contributed by atoms with Gasteiger partial charge in [-0.3, -0.25) is 9.52 Å². The minimum atomic E-state index is -3.74. The van der Waals surface area contributed by atoms with Crippen LogP contribution in [0.3, 0.4) is 0 Å². The van der Waals surface area contributed by atoms with Crippen molar-refractivity contribution in [3.05, 3.63) is 58.6 Å². The Kier molecular flexibility index (Phi) is 5.77. The minimum Gasteiger partial charge on any atom is -0.339 e. The van der Waals surface area contributed by atoms with Crippen molar-refractivity contribution in [3.63, 3.8) is 0 Å². The SMILES string of the molecule is Cc1ccc(S(=O)(=O)Nc2ccc(Cl)c(C(=O)N(C)C3CCCC3)c2)cc1. The first-order valence-corrected chi connectivity index (χ1v) is 10.8. The molecular weight excluding hydrogens is 384 g/mol. The lowest BCUT2D eigenvalue weighted by molar-refractivity contribution is 0.0735. The van der Waals surface area contributed by atoms with Crippen LogP contribution < -0.4 is 4.72 Å². The number of rotatable bonds is 5. The maximum Gasteiger partial charge on any atom is 0.261 e. The predicted octanol–water partition coefficient (Wildman–Crippen LogP) is 4.46. The zero-order chi connectivity index (χ0) is 19.6. The molecule has 0 bridgehead atoms. The minimum absolute atomic E-state index is 0.166. The maximum atomic E-state index is 12.8. The van der Waals surface area contributed by atoms with Gasteiger partial charge in [0.15, 0.2) is 0 Å². The number of anilines is 1. The van der Waals surface area contributed by atoms with E-state index in [1.54, 1.807) is 48.3 Å². The van der Waals surface area contributed by atoms with E-state index in [4.69, 9.17) is 11.6 Å². The molecule has 0 heterocycles. The molecule has 5 nitrogen and oxygen atoms in total. The van der Waals surface area contributed by atoms with Gasteiger partial charge < -0.3 is 4.90 Å². The first-order chi connectivity index (χ1) is 12.8. The van der Waals surface area contributed by atoms with Crippen molar-refractivity contribution in [2.75, 3.05) is 11.8 Å². The van der Waals surface area contributed by atoms with E-state index in [9.17, 15) is 13.2 Å². The molecule has 1 fully saturated rings. The topological polar surface area (TPSA) is 66.5 Å². The molecule has 7 heteroatoms. The summed E-state index contributed by atoms with van der Waals surface area (Å²) in [5, 5.41) is 0.308. The Bertz CT molecular complexity index is 936. The van der Waals surface area contributed by atoms with Crippen LogP contribution in [0.15, 0.2) is 47.4 Å². The highest BCUT2D eigenvalue weighted by Crippen LogP contribution is 2.28. The molecule has 1 saturated carbocycles. The number of carbonyl (C=O) groups is 1. The number of nitrogens with zero attached hydrogens (tertiary/aromatic N) is 1. The Morgan fingerprint density at radius 3 is 2.37 bits per heavy atom. The van der Waals surface area contributed by atoms with Gasteiger partial charge in [-0.1, -0.05) is 42.1 Å². The lowest BCUT2D eigenvalue weighted by atomic mass is 10.1. The Hall–Kier alpha value is -2.05. The van der Waals surface area contributed by atoms with E-state index in [-0.39, 0.29) is 16.8 Å². The third-order valence-electron chi connectivity index (χ3n) is 4.97. The van der Waals surface area contributed by atoms with Gasteiger partial charge in [-0.2, -0.15) is 0 Å². The van der Waals surface area contributed by atoms with Gasteiger partial charge in [0.25, 0.3) is 15.9 Å². The van der Waals surface area contributed by atoms with Gasteiger partial charge in [0.2, 0.25) is 0 Å². The highest BCUT2D eigenvalue weighted by atomic mass is 35.5. The third-order valence-corrected chi connectivity index (χ3v) is 6.70. The summed E-state index contributed by atoms with van der Waals surface area (Å²) >= 11 is 6.22. The zero-order valence-corrected chi connectivity index (χ0v) is 17.0. The van der Waals surface area contributed by atoms with Crippen LogP contribution in [0.4, 0.5) is 5.69 Å². The molecule has 3 rings (SSSR count). The summed E-state index contributed by atoms with van der Waals surface area (Å²) in [5.74, 6) is -0.191. The Labute approximate surface area is 165 Å². The normalized spacial score (nSPS) is 14.9. The third kappa shape index (κ3) is 4.45. The predicted molar refractivity (Wildman–Crippen MR) is 108 cm³/mol. The van der Waals surface area contributed by atoms with E-state index in [0.717, 1.165) is 31.2 Å². The van der Waals surface area contributed by atoms with Gasteiger partial charge in [-0.15, -0.1) is 0 Å². The quantitative estimate of drug-likeness (QED) is 0.796. The average Bonchev–Trinajstić information content (AvgIpc) is 3.17. The van der Waals surface area contributed by atoms with Crippen LogP contribution in [0.1, 0.15) is 41.6 Å². The number of hydrogen-bond donors (Lipinski definition) is 1. The van der Waals surface area contributed by atoms with E-state index in [0.29, 0.717) is 16.3 Å². The van der Waals surface area contributed by atoms with Crippen LogP contribution in [0.5, 0.6) is 0 Å². The van der Waals surface area contributed by atoms with Crippen molar-refractivity contribution in [3.8, 4) is 0 Å². The fourth-order valence-electron chi connectivity index (χ4n) is 3.33. The number of amides is 1. The van der Waals surface area contributed by atoms with E-state index in [1.807, 2.05) is 6.92 Å². The smallest absolute Gasteiger partial charge is 0.261 e. The van der Waals surface area contributed by atoms with Crippen molar-refractivity contribution < 1.29 is 13.2 Å². The van der Waals surface area contributed by atoms with Gasteiger partial charge >= 0.3 is 0 Å². The molecule has 0 aliphatic heterocycles. The van der Waals surface area contributed by atoms with E-state index in [1.165, 1.54) is 6.07 Å². The lowest BCUT2D eigenvalue weighted by Crippen LogP contribution is -2.35. The number of halogens is 1. The summed E-state index contributed by atoms with van der Waals surface area (Å²) in [6.07, 6.45) is 4.21. The monoisotopic (exact) mass is 406 g/mol. The van der Waals surface area contributed by atoms with Crippen molar-refractivity contribution >= 4 is 33.2 Å². The van der Waals surface area contributed by atoms with Gasteiger partial charge in [0.05, 0.1) is 15.5 Å². The number of hydrogen-bond acceptors (Lipinski definition) is 3. The molecule has 27 heavy (non-hydrogen) atoms. The standard InChI is InChI=1S/C20H23ClN2O3S/c1-14-7-10-17(11-8-14)27(25,26)22-15-9-12-19(21)18(13-15)20(24)23(2)16-5-3-4-6-16/h7-13,16,22H,3-6H2,1-2H3. The summed E-state index contributed by atoms with van der Waals surface area (Å²) in [7, 11) is -1.96.